The number of rotatable bonds is 4. The molecular weight excluding hydrogens is 322 g/mol. The van der Waals surface area contributed by atoms with Gasteiger partial charge in [0.25, 0.3) is 0 Å². The molecule has 26 heavy (non-hydrogen) atoms. The second-order valence-electron chi connectivity index (χ2n) is 7.30. The lowest BCUT2D eigenvalue weighted by atomic mass is 10.1. The first kappa shape index (κ1) is 15.7. The van der Waals surface area contributed by atoms with Gasteiger partial charge >= 0.3 is 0 Å². The van der Waals surface area contributed by atoms with Gasteiger partial charge in [-0.1, -0.05) is 24.3 Å². The average molecular weight is 345 g/mol. The molecule has 1 aromatic carbocycles. The zero-order valence-electron chi connectivity index (χ0n) is 14.9. The number of piperazine rings is 1. The maximum Gasteiger partial charge on any atom is 0.133 e. The molecule has 3 heterocycles. The number of anilines is 1. The van der Waals surface area contributed by atoms with Crippen LogP contribution in [0.15, 0.2) is 48.8 Å². The number of aromatic nitrogens is 3. The van der Waals surface area contributed by atoms with Gasteiger partial charge in [-0.3, -0.25) is 9.88 Å². The van der Waals surface area contributed by atoms with Crippen LogP contribution in [0.25, 0.3) is 10.9 Å². The monoisotopic (exact) mass is 345 g/mol. The van der Waals surface area contributed by atoms with Crippen molar-refractivity contribution < 1.29 is 0 Å². The van der Waals surface area contributed by atoms with Crippen LogP contribution in [-0.4, -0.2) is 46.0 Å². The van der Waals surface area contributed by atoms with Gasteiger partial charge in [-0.05, 0) is 30.5 Å². The summed E-state index contributed by atoms with van der Waals surface area (Å²) in [5.41, 5.74) is 2.44. The largest absolute Gasteiger partial charge is 0.354 e. The third-order valence-corrected chi connectivity index (χ3v) is 5.41. The lowest BCUT2D eigenvalue weighted by molar-refractivity contribution is 0.250. The minimum atomic E-state index is 0.607. The standard InChI is InChI=1S/C21H23N5/c1-3-16-5-2-9-22-20(16)18(4-1)15-25-11-13-26(14-12-25)19-8-10-23-21(24-19)17-6-7-17/h1-5,8-10,17H,6-7,11-15H2. The summed E-state index contributed by atoms with van der Waals surface area (Å²) in [5, 5.41) is 1.22. The number of pyridine rings is 1. The van der Waals surface area contributed by atoms with E-state index in [2.05, 4.69) is 50.1 Å². The molecule has 2 fully saturated rings. The Morgan fingerprint density at radius 1 is 0.885 bits per heavy atom. The Morgan fingerprint density at radius 2 is 1.73 bits per heavy atom. The summed E-state index contributed by atoms with van der Waals surface area (Å²) >= 11 is 0. The van der Waals surface area contributed by atoms with Gasteiger partial charge < -0.3 is 4.90 Å². The zero-order valence-corrected chi connectivity index (χ0v) is 14.9. The Bertz CT molecular complexity index is 908. The molecule has 0 unspecified atom stereocenters. The van der Waals surface area contributed by atoms with Crippen LogP contribution in [0.1, 0.15) is 30.1 Å². The van der Waals surface area contributed by atoms with Gasteiger partial charge in [0.1, 0.15) is 11.6 Å². The zero-order chi connectivity index (χ0) is 17.3. The van der Waals surface area contributed by atoms with Crippen LogP contribution in [0.2, 0.25) is 0 Å². The lowest BCUT2D eigenvalue weighted by Gasteiger charge is -2.35. The molecule has 0 atom stereocenters. The second-order valence-corrected chi connectivity index (χ2v) is 7.30. The van der Waals surface area contributed by atoms with E-state index in [1.165, 1.54) is 23.8 Å². The van der Waals surface area contributed by atoms with Crippen molar-refractivity contribution in [2.24, 2.45) is 0 Å². The van der Waals surface area contributed by atoms with E-state index in [9.17, 15) is 0 Å². The fraction of sp³-hybridized carbons (Fsp3) is 0.381. The number of hydrogen-bond donors (Lipinski definition) is 0. The van der Waals surface area contributed by atoms with E-state index in [1.54, 1.807) is 0 Å². The van der Waals surface area contributed by atoms with Crippen LogP contribution < -0.4 is 4.90 Å². The summed E-state index contributed by atoms with van der Waals surface area (Å²) in [7, 11) is 0. The van der Waals surface area contributed by atoms with Crippen molar-refractivity contribution in [2.75, 3.05) is 31.1 Å². The molecule has 1 aliphatic carbocycles. The molecule has 2 aliphatic rings. The first-order valence-electron chi connectivity index (χ1n) is 9.50. The van der Waals surface area contributed by atoms with Gasteiger partial charge in [0.15, 0.2) is 0 Å². The topological polar surface area (TPSA) is 45.2 Å². The molecule has 5 rings (SSSR count). The van der Waals surface area contributed by atoms with Gasteiger partial charge in [0.2, 0.25) is 0 Å². The summed E-state index contributed by atoms with van der Waals surface area (Å²) in [5.74, 6) is 2.73. The van der Waals surface area contributed by atoms with E-state index in [1.807, 2.05) is 18.5 Å². The van der Waals surface area contributed by atoms with Crippen LogP contribution >= 0.6 is 0 Å². The third kappa shape index (κ3) is 3.15. The highest BCUT2D eigenvalue weighted by Gasteiger charge is 2.27. The van der Waals surface area contributed by atoms with Crippen molar-refractivity contribution in [1.29, 1.82) is 0 Å². The predicted molar refractivity (Wildman–Crippen MR) is 103 cm³/mol. The van der Waals surface area contributed by atoms with E-state index in [-0.39, 0.29) is 0 Å². The fourth-order valence-corrected chi connectivity index (χ4v) is 3.75. The number of para-hydroxylation sites is 1. The molecule has 5 heteroatoms. The molecule has 1 aliphatic heterocycles. The Balaban J connectivity index is 1.26. The number of nitrogens with zero attached hydrogens (tertiary/aromatic N) is 5. The molecule has 3 aromatic rings. The highest BCUT2D eigenvalue weighted by molar-refractivity contribution is 5.81. The molecule has 5 nitrogen and oxygen atoms in total. The van der Waals surface area contributed by atoms with Crippen LogP contribution in [0, 0.1) is 0 Å². The van der Waals surface area contributed by atoms with Crippen LogP contribution in [0.4, 0.5) is 5.82 Å². The van der Waals surface area contributed by atoms with Crippen LogP contribution in [0.3, 0.4) is 0 Å². The quantitative estimate of drug-likeness (QED) is 0.726. The number of benzene rings is 1. The minimum absolute atomic E-state index is 0.607. The van der Waals surface area contributed by atoms with Gasteiger partial charge in [0, 0.05) is 56.4 Å². The Hall–Kier alpha value is -2.53. The van der Waals surface area contributed by atoms with E-state index in [4.69, 9.17) is 4.98 Å². The Morgan fingerprint density at radius 3 is 2.58 bits per heavy atom. The lowest BCUT2D eigenvalue weighted by Crippen LogP contribution is -2.46. The van der Waals surface area contributed by atoms with Crippen molar-refractivity contribution >= 4 is 16.7 Å². The second kappa shape index (κ2) is 6.65. The highest BCUT2D eigenvalue weighted by Crippen LogP contribution is 2.38. The Labute approximate surface area is 153 Å². The summed E-state index contributed by atoms with van der Waals surface area (Å²) in [6.45, 7) is 5.08. The summed E-state index contributed by atoms with van der Waals surface area (Å²) in [6.07, 6.45) is 6.30. The summed E-state index contributed by atoms with van der Waals surface area (Å²) < 4.78 is 0. The van der Waals surface area contributed by atoms with Crippen molar-refractivity contribution in [3.63, 3.8) is 0 Å². The normalized spacial score (nSPS) is 18.4. The molecular formula is C21H23N5. The van der Waals surface area contributed by atoms with Crippen molar-refractivity contribution in [2.45, 2.75) is 25.3 Å². The maximum absolute atomic E-state index is 4.79. The molecule has 0 amide bonds. The Kier molecular flexibility index (Phi) is 4.02. The summed E-state index contributed by atoms with van der Waals surface area (Å²) in [6, 6.07) is 12.7. The summed E-state index contributed by atoms with van der Waals surface area (Å²) in [4.78, 5) is 18.7. The van der Waals surface area contributed by atoms with Crippen molar-refractivity contribution in [3.8, 4) is 0 Å². The van der Waals surface area contributed by atoms with E-state index < -0.39 is 0 Å². The van der Waals surface area contributed by atoms with E-state index >= 15 is 0 Å². The van der Waals surface area contributed by atoms with Crippen LogP contribution in [0.5, 0.6) is 0 Å². The predicted octanol–water partition coefficient (Wildman–Crippen LogP) is 3.22. The van der Waals surface area contributed by atoms with Crippen molar-refractivity contribution in [3.05, 3.63) is 60.2 Å². The first-order chi connectivity index (χ1) is 12.9. The average Bonchev–Trinajstić information content (AvgIpc) is 3.54. The molecule has 1 saturated heterocycles. The van der Waals surface area contributed by atoms with E-state index in [0.29, 0.717) is 5.92 Å². The number of fused-ring (bicyclic) bond motifs is 1. The first-order valence-corrected chi connectivity index (χ1v) is 9.50. The molecule has 0 radical (unpaired) electrons. The minimum Gasteiger partial charge on any atom is -0.354 e. The fourth-order valence-electron chi connectivity index (χ4n) is 3.75. The van der Waals surface area contributed by atoms with Gasteiger partial charge in [-0.25, -0.2) is 9.97 Å². The van der Waals surface area contributed by atoms with Gasteiger partial charge in [-0.2, -0.15) is 0 Å². The molecule has 132 valence electrons. The number of hydrogen-bond acceptors (Lipinski definition) is 5. The molecule has 2 aromatic heterocycles. The smallest absolute Gasteiger partial charge is 0.133 e. The van der Waals surface area contributed by atoms with Crippen LogP contribution in [-0.2, 0) is 6.54 Å². The molecule has 0 N–H and O–H groups in total. The van der Waals surface area contributed by atoms with Gasteiger partial charge in [0.05, 0.1) is 5.52 Å². The van der Waals surface area contributed by atoms with Gasteiger partial charge in [-0.15, -0.1) is 0 Å². The molecule has 1 saturated carbocycles. The molecule has 0 bridgehead atoms. The van der Waals surface area contributed by atoms with E-state index in [0.717, 1.165) is 49.9 Å². The van der Waals surface area contributed by atoms with Crippen molar-refractivity contribution in [1.82, 2.24) is 19.9 Å². The third-order valence-electron chi connectivity index (χ3n) is 5.41. The highest BCUT2D eigenvalue weighted by atomic mass is 15.3. The molecule has 0 spiro atoms. The SMILES string of the molecule is c1cnc2c(CN3CCN(c4ccnc(C5CC5)n4)CC3)cccc2c1. The maximum atomic E-state index is 4.79.